The number of pyridine rings is 1. The van der Waals surface area contributed by atoms with E-state index in [9.17, 15) is 13.3 Å². The van der Waals surface area contributed by atoms with Gasteiger partial charge in [0.1, 0.15) is 24.0 Å². The first-order valence-electron chi connectivity index (χ1n) is 13.6. The van der Waals surface area contributed by atoms with Crippen molar-refractivity contribution < 1.29 is 22.8 Å². The highest BCUT2D eigenvalue weighted by Crippen LogP contribution is 2.31. The van der Waals surface area contributed by atoms with Gasteiger partial charge in [-0.05, 0) is 49.4 Å². The molecule has 1 aliphatic rings. The number of nitrogens with zero attached hydrogens (tertiary/aromatic N) is 5. The van der Waals surface area contributed by atoms with E-state index in [-0.39, 0.29) is 19.7 Å². The van der Waals surface area contributed by atoms with E-state index in [4.69, 9.17) is 14.5 Å². The Balaban J connectivity index is 1.65. The standard InChI is InChI=1S/C29H37F2N5O3S/c1-4-35(18-21-7-5-6-8-21)27-9-10-28(38-2)34-26(27)20-36(19-22-13-23(30)15-24(31)14-22)29-32-16-25(17-33-29)39-11-12-40(3)37/h9-10,13-17,21H,4-8,11-12,18-20H2,1-3H3. The van der Waals surface area contributed by atoms with Crippen LogP contribution in [0.4, 0.5) is 20.4 Å². The predicted octanol–water partition coefficient (Wildman–Crippen LogP) is 5.14. The minimum atomic E-state index is -0.969. The largest absolute Gasteiger partial charge is 0.616 e. The average molecular weight is 574 g/mol. The van der Waals surface area contributed by atoms with Crippen LogP contribution in [0.1, 0.15) is 43.9 Å². The minimum absolute atomic E-state index is 0.150. The Bertz CT molecular complexity index is 1210. The molecule has 3 aromatic rings. The highest BCUT2D eigenvalue weighted by molar-refractivity contribution is 7.90. The maximum Gasteiger partial charge on any atom is 0.226 e. The normalized spacial score (nSPS) is 14.2. The van der Waals surface area contributed by atoms with Gasteiger partial charge in [0.25, 0.3) is 0 Å². The fraction of sp³-hybridized carbons (Fsp3) is 0.483. The van der Waals surface area contributed by atoms with Gasteiger partial charge >= 0.3 is 0 Å². The molecule has 1 fully saturated rings. The molecular formula is C29H37F2N5O3S. The zero-order valence-corrected chi connectivity index (χ0v) is 24.1. The van der Waals surface area contributed by atoms with Crippen molar-refractivity contribution in [3.05, 3.63) is 65.6 Å². The van der Waals surface area contributed by atoms with E-state index in [1.807, 2.05) is 17.0 Å². The fourth-order valence-corrected chi connectivity index (χ4v) is 5.34. The summed E-state index contributed by atoms with van der Waals surface area (Å²) in [6, 6.07) is 7.33. The van der Waals surface area contributed by atoms with Gasteiger partial charge in [-0.25, -0.2) is 23.7 Å². The van der Waals surface area contributed by atoms with Crippen molar-refractivity contribution in [2.24, 2.45) is 5.92 Å². The van der Waals surface area contributed by atoms with Crippen LogP contribution >= 0.6 is 0 Å². The van der Waals surface area contributed by atoms with Crippen molar-refractivity contribution in [3.63, 3.8) is 0 Å². The zero-order chi connectivity index (χ0) is 28.5. The van der Waals surface area contributed by atoms with E-state index in [1.165, 1.54) is 37.8 Å². The Morgan fingerprint density at radius 1 is 1.02 bits per heavy atom. The lowest BCUT2D eigenvalue weighted by Gasteiger charge is -2.30. The lowest BCUT2D eigenvalue weighted by molar-refractivity contribution is 0.338. The van der Waals surface area contributed by atoms with Crippen LogP contribution in [-0.4, -0.2) is 58.3 Å². The molecule has 8 nitrogen and oxygen atoms in total. The third kappa shape index (κ3) is 8.41. The van der Waals surface area contributed by atoms with Gasteiger partial charge in [-0.2, -0.15) is 0 Å². The van der Waals surface area contributed by atoms with E-state index < -0.39 is 22.8 Å². The maximum atomic E-state index is 14.1. The van der Waals surface area contributed by atoms with E-state index in [2.05, 4.69) is 21.8 Å². The van der Waals surface area contributed by atoms with Crippen LogP contribution in [-0.2, 0) is 24.3 Å². The summed E-state index contributed by atoms with van der Waals surface area (Å²) in [4.78, 5) is 17.9. The molecule has 0 aliphatic heterocycles. The SMILES string of the molecule is CCN(CC1CCCC1)c1ccc(OC)nc1CN(Cc1cc(F)cc(F)c1)c1ncc(OCC[S+](C)[O-])cn1. The Kier molecular flexibility index (Phi) is 10.8. The van der Waals surface area contributed by atoms with Gasteiger partial charge < -0.3 is 23.8 Å². The van der Waals surface area contributed by atoms with Gasteiger partial charge in [0.05, 0.1) is 43.7 Å². The molecule has 40 heavy (non-hydrogen) atoms. The number of halogens is 2. The Morgan fingerprint density at radius 2 is 1.73 bits per heavy atom. The molecular weight excluding hydrogens is 536 g/mol. The van der Waals surface area contributed by atoms with Crippen molar-refractivity contribution in [1.82, 2.24) is 15.0 Å². The van der Waals surface area contributed by atoms with E-state index in [0.29, 0.717) is 34.8 Å². The van der Waals surface area contributed by atoms with Crippen molar-refractivity contribution in [1.29, 1.82) is 0 Å². The van der Waals surface area contributed by atoms with Crippen molar-refractivity contribution in [3.8, 4) is 11.6 Å². The first-order chi connectivity index (χ1) is 19.3. The first kappa shape index (κ1) is 29.8. The smallest absolute Gasteiger partial charge is 0.226 e. The molecule has 1 aromatic carbocycles. The summed E-state index contributed by atoms with van der Waals surface area (Å²) in [5, 5.41) is 0. The molecule has 1 aliphatic carbocycles. The number of rotatable bonds is 14. The van der Waals surface area contributed by atoms with Crippen LogP contribution in [0, 0.1) is 17.6 Å². The van der Waals surface area contributed by atoms with Crippen molar-refractivity contribution in [2.75, 3.05) is 48.6 Å². The van der Waals surface area contributed by atoms with Gasteiger partial charge in [0, 0.05) is 31.8 Å². The molecule has 2 aromatic heterocycles. The van der Waals surface area contributed by atoms with Gasteiger partial charge in [-0.1, -0.05) is 24.0 Å². The van der Waals surface area contributed by atoms with Crippen molar-refractivity contribution >= 4 is 22.8 Å². The van der Waals surface area contributed by atoms with E-state index in [1.54, 1.807) is 25.8 Å². The molecule has 0 saturated heterocycles. The summed E-state index contributed by atoms with van der Waals surface area (Å²) in [6.07, 6.45) is 9.68. The first-order valence-corrected chi connectivity index (χ1v) is 15.3. The van der Waals surface area contributed by atoms with Crippen LogP contribution in [0.25, 0.3) is 0 Å². The molecule has 0 spiro atoms. The highest BCUT2D eigenvalue weighted by atomic mass is 32.2. The monoisotopic (exact) mass is 573 g/mol. The number of anilines is 2. The Hall–Kier alpha value is -3.18. The highest BCUT2D eigenvalue weighted by Gasteiger charge is 2.23. The maximum absolute atomic E-state index is 14.1. The molecule has 0 N–H and O–H groups in total. The van der Waals surface area contributed by atoms with Crippen LogP contribution in [0.5, 0.6) is 11.6 Å². The lowest BCUT2D eigenvalue weighted by Crippen LogP contribution is -2.31. The molecule has 216 valence electrons. The number of methoxy groups -OCH3 is 1. The molecule has 4 rings (SSSR count). The molecule has 0 bridgehead atoms. The lowest BCUT2D eigenvalue weighted by atomic mass is 10.1. The summed E-state index contributed by atoms with van der Waals surface area (Å²) in [7, 11) is 1.57. The molecule has 0 amide bonds. The number of ether oxygens (including phenoxy) is 2. The number of benzene rings is 1. The zero-order valence-electron chi connectivity index (χ0n) is 23.3. The van der Waals surface area contributed by atoms with Gasteiger partial charge in [-0.3, -0.25) is 0 Å². The molecule has 2 heterocycles. The summed E-state index contributed by atoms with van der Waals surface area (Å²) in [6.45, 7) is 4.60. The summed E-state index contributed by atoms with van der Waals surface area (Å²) < 4.78 is 50.5. The van der Waals surface area contributed by atoms with Crippen LogP contribution < -0.4 is 19.3 Å². The summed E-state index contributed by atoms with van der Waals surface area (Å²) >= 11 is -0.969. The third-order valence-corrected chi connectivity index (χ3v) is 7.72. The second-order valence-corrected chi connectivity index (χ2v) is 11.5. The second-order valence-electron chi connectivity index (χ2n) is 9.99. The number of hydrogen-bond acceptors (Lipinski definition) is 8. The Labute approximate surface area is 237 Å². The van der Waals surface area contributed by atoms with Gasteiger partial charge in [0.15, 0.2) is 5.75 Å². The third-order valence-electron chi connectivity index (χ3n) is 6.98. The van der Waals surface area contributed by atoms with Crippen molar-refractivity contribution in [2.45, 2.75) is 45.7 Å². The topological polar surface area (TPSA) is 86.7 Å². The van der Waals surface area contributed by atoms with Crippen LogP contribution in [0.3, 0.4) is 0 Å². The fourth-order valence-electron chi connectivity index (χ4n) is 5.02. The number of aromatic nitrogens is 3. The predicted molar refractivity (Wildman–Crippen MR) is 153 cm³/mol. The van der Waals surface area contributed by atoms with Crippen LogP contribution in [0.15, 0.2) is 42.7 Å². The second kappa shape index (κ2) is 14.5. The van der Waals surface area contributed by atoms with Gasteiger partial charge in [0.2, 0.25) is 11.8 Å². The van der Waals surface area contributed by atoms with Gasteiger partial charge in [-0.15, -0.1) is 0 Å². The molecule has 0 radical (unpaired) electrons. The average Bonchev–Trinajstić information content (AvgIpc) is 3.44. The quantitative estimate of drug-likeness (QED) is 0.245. The Morgan fingerprint density at radius 3 is 2.35 bits per heavy atom. The molecule has 11 heteroatoms. The minimum Gasteiger partial charge on any atom is -0.616 e. The number of hydrogen-bond donors (Lipinski definition) is 0. The molecule has 1 atom stereocenters. The van der Waals surface area contributed by atoms with E-state index >= 15 is 0 Å². The molecule has 1 saturated carbocycles. The van der Waals surface area contributed by atoms with Crippen LogP contribution in [0.2, 0.25) is 0 Å². The summed E-state index contributed by atoms with van der Waals surface area (Å²) in [5.74, 6) is 1.01. The molecule has 1 unspecified atom stereocenters. The van der Waals surface area contributed by atoms with E-state index in [0.717, 1.165) is 30.5 Å². The summed E-state index contributed by atoms with van der Waals surface area (Å²) in [5.41, 5.74) is 2.18.